The molecular weight excluding hydrogens is 435 g/mol. The zero-order chi connectivity index (χ0) is 23.6. The van der Waals surface area contributed by atoms with Crippen molar-refractivity contribution in [3.8, 4) is 11.5 Å². The molecule has 0 heterocycles. The SMILES string of the molecule is Cc1cc(F)ccc1Oc1ccc(C(F)(F)F)c(F)c1C(=O)Nc1cccc(C(N)=O)c1. The van der Waals surface area contributed by atoms with E-state index in [2.05, 4.69) is 5.32 Å². The van der Waals surface area contributed by atoms with Crippen molar-refractivity contribution in [1.29, 1.82) is 0 Å². The van der Waals surface area contributed by atoms with E-state index in [1.165, 1.54) is 37.3 Å². The van der Waals surface area contributed by atoms with E-state index in [-0.39, 0.29) is 22.6 Å². The van der Waals surface area contributed by atoms with Gasteiger partial charge in [-0.3, -0.25) is 9.59 Å². The highest BCUT2D eigenvalue weighted by Gasteiger charge is 2.37. The lowest BCUT2D eigenvalue weighted by Crippen LogP contribution is -2.19. The van der Waals surface area contributed by atoms with Crippen LogP contribution in [0.3, 0.4) is 0 Å². The van der Waals surface area contributed by atoms with Crippen molar-refractivity contribution in [2.45, 2.75) is 13.1 Å². The van der Waals surface area contributed by atoms with Crippen LogP contribution < -0.4 is 15.8 Å². The van der Waals surface area contributed by atoms with Crippen molar-refractivity contribution in [2.24, 2.45) is 5.73 Å². The number of benzene rings is 3. The number of anilines is 1. The van der Waals surface area contributed by atoms with Crippen LogP contribution in [0.4, 0.5) is 27.6 Å². The van der Waals surface area contributed by atoms with E-state index < -0.39 is 46.5 Å². The number of hydrogen-bond donors (Lipinski definition) is 2. The Balaban J connectivity index is 2.07. The lowest BCUT2D eigenvalue weighted by Gasteiger charge is -2.17. The lowest BCUT2D eigenvalue weighted by molar-refractivity contribution is -0.140. The van der Waals surface area contributed by atoms with Crippen LogP contribution in [0.25, 0.3) is 0 Å². The Labute approximate surface area is 178 Å². The van der Waals surface area contributed by atoms with Gasteiger partial charge >= 0.3 is 6.18 Å². The first-order chi connectivity index (χ1) is 15.0. The molecule has 0 saturated carbocycles. The maximum atomic E-state index is 14.9. The molecule has 0 radical (unpaired) electrons. The van der Waals surface area contributed by atoms with Gasteiger partial charge in [-0.25, -0.2) is 8.78 Å². The van der Waals surface area contributed by atoms with Crippen molar-refractivity contribution in [3.05, 3.63) is 88.5 Å². The molecule has 0 saturated heterocycles. The van der Waals surface area contributed by atoms with Crippen LogP contribution in [0.15, 0.2) is 54.6 Å². The number of alkyl halides is 3. The Morgan fingerprint density at radius 1 is 0.969 bits per heavy atom. The van der Waals surface area contributed by atoms with Crippen molar-refractivity contribution in [3.63, 3.8) is 0 Å². The Morgan fingerprint density at radius 3 is 2.28 bits per heavy atom. The molecule has 0 aliphatic carbocycles. The van der Waals surface area contributed by atoms with Crippen LogP contribution in [0.1, 0.15) is 31.8 Å². The summed E-state index contributed by atoms with van der Waals surface area (Å²) < 4.78 is 73.3. The highest BCUT2D eigenvalue weighted by atomic mass is 19.4. The van der Waals surface area contributed by atoms with Crippen molar-refractivity contribution >= 4 is 17.5 Å². The second-order valence-corrected chi connectivity index (χ2v) is 6.71. The van der Waals surface area contributed by atoms with Crippen LogP contribution >= 0.6 is 0 Å². The number of nitrogens with one attached hydrogen (secondary N) is 1. The average molecular weight is 450 g/mol. The highest BCUT2D eigenvalue weighted by Crippen LogP contribution is 2.38. The fraction of sp³-hybridized carbons (Fsp3) is 0.0909. The monoisotopic (exact) mass is 450 g/mol. The topological polar surface area (TPSA) is 81.4 Å². The maximum Gasteiger partial charge on any atom is 0.419 e. The molecule has 0 fully saturated rings. The smallest absolute Gasteiger partial charge is 0.419 e. The summed E-state index contributed by atoms with van der Waals surface area (Å²) >= 11 is 0. The fourth-order valence-electron chi connectivity index (χ4n) is 2.86. The molecule has 3 aromatic rings. The molecule has 0 atom stereocenters. The first kappa shape index (κ1) is 22.7. The predicted octanol–water partition coefficient (Wildman–Crippen LogP) is 5.44. The van der Waals surface area contributed by atoms with Crippen LogP contribution in [-0.2, 0) is 6.18 Å². The molecule has 3 aromatic carbocycles. The van der Waals surface area contributed by atoms with Gasteiger partial charge in [0.2, 0.25) is 5.91 Å². The average Bonchev–Trinajstić information content (AvgIpc) is 2.69. The third-order valence-corrected chi connectivity index (χ3v) is 4.40. The van der Waals surface area contributed by atoms with E-state index in [1.807, 2.05) is 0 Å². The molecule has 5 nitrogen and oxygen atoms in total. The summed E-state index contributed by atoms with van der Waals surface area (Å²) in [6, 6.07) is 9.81. The number of ether oxygens (including phenoxy) is 1. The van der Waals surface area contributed by atoms with Crippen LogP contribution in [0.5, 0.6) is 11.5 Å². The lowest BCUT2D eigenvalue weighted by atomic mass is 10.1. The van der Waals surface area contributed by atoms with Crippen LogP contribution in [0.2, 0.25) is 0 Å². The van der Waals surface area contributed by atoms with E-state index in [9.17, 15) is 31.5 Å². The quantitative estimate of drug-likeness (QED) is 0.509. The summed E-state index contributed by atoms with van der Waals surface area (Å²) in [6.45, 7) is 1.47. The maximum absolute atomic E-state index is 14.9. The largest absolute Gasteiger partial charge is 0.456 e. The van der Waals surface area contributed by atoms with Crippen molar-refractivity contribution in [2.75, 3.05) is 5.32 Å². The summed E-state index contributed by atoms with van der Waals surface area (Å²) in [5, 5.41) is 2.23. The van der Waals surface area contributed by atoms with E-state index in [0.717, 1.165) is 18.2 Å². The molecule has 0 spiro atoms. The Kier molecular flexibility index (Phi) is 6.15. The second-order valence-electron chi connectivity index (χ2n) is 6.71. The normalized spacial score (nSPS) is 11.2. The van der Waals surface area contributed by atoms with Gasteiger partial charge in [0.1, 0.15) is 22.9 Å². The number of amides is 2. The fourth-order valence-corrected chi connectivity index (χ4v) is 2.86. The summed E-state index contributed by atoms with van der Waals surface area (Å²) in [5.41, 5.74) is 2.76. The molecule has 0 aliphatic rings. The first-order valence-electron chi connectivity index (χ1n) is 9.02. The van der Waals surface area contributed by atoms with E-state index >= 15 is 0 Å². The Hall–Kier alpha value is -3.95. The number of carbonyl (C=O) groups excluding carboxylic acids is 2. The molecule has 2 amide bonds. The Bertz CT molecular complexity index is 1210. The second kappa shape index (κ2) is 8.66. The number of rotatable bonds is 5. The van der Waals surface area contributed by atoms with Crippen molar-refractivity contribution < 1.29 is 36.3 Å². The predicted molar refractivity (Wildman–Crippen MR) is 106 cm³/mol. The molecule has 0 aliphatic heterocycles. The zero-order valence-corrected chi connectivity index (χ0v) is 16.4. The summed E-state index contributed by atoms with van der Waals surface area (Å²) in [6.07, 6.45) is -5.07. The van der Waals surface area contributed by atoms with Gasteiger partial charge in [0.05, 0.1) is 5.56 Å². The summed E-state index contributed by atoms with van der Waals surface area (Å²) in [4.78, 5) is 24.1. The van der Waals surface area contributed by atoms with E-state index in [0.29, 0.717) is 6.07 Å². The van der Waals surface area contributed by atoms with Gasteiger partial charge in [0.25, 0.3) is 5.91 Å². The minimum absolute atomic E-state index is 0.00738. The highest BCUT2D eigenvalue weighted by molar-refractivity contribution is 6.07. The number of halogens is 5. The van der Waals surface area contributed by atoms with Crippen LogP contribution in [0, 0.1) is 18.6 Å². The van der Waals surface area contributed by atoms with Crippen molar-refractivity contribution in [1.82, 2.24) is 0 Å². The van der Waals surface area contributed by atoms with Crippen LogP contribution in [-0.4, -0.2) is 11.8 Å². The minimum Gasteiger partial charge on any atom is -0.456 e. The van der Waals surface area contributed by atoms with Gasteiger partial charge in [-0.2, -0.15) is 13.2 Å². The van der Waals surface area contributed by atoms with Gasteiger partial charge < -0.3 is 15.8 Å². The third kappa shape index (κ3) is 4.85. The number of aryl methyl sites for hydroxylation is 1. The molecule has 32 heavy (non-hydrogen) atoms. The molecule has 0 unspecified atom stereocenters. The van der Waals surface area contributed by atoms with Gasteiger partial charge in [0, 0.05) is 11.3 Å². The minimum atomic E-state index is -5.07. The van der Waals surface area contributed by atoms with Gasteiger partial charge in [0.15, 0.2) is 5.82 Å². The number of hydrogen-bond acceptors (Lipinski definition) is 3. The first-order valence-corrected chi connectivity index (χ1v) is 9.02. The molecular formula is C22H15F5N2O3. The number of carbonyl (C=O) groups is 2. The number of nitrogens with two attached hydrogens (primary N) is 1. The molecule has 166 valence electrons. The molecule has 0 bridgehead atoms. The number of primary amides is 1. The third-order valence-electron chi connectivity index (χ3n) is 4.40. The zero-order valence-electron chi connectivity index (χ0n) is 16.4. The van der Waals surface area contributed by atoms with Gasteiger partial charge in [-0.15, -0.1) is 0 Å². The van der Waals surface area contributed by atoms with E-state index in [1.54, 1.807) is 0 Å². The standard InChI is InChI=1S/C22H15F5N2O3/c1-11-9-13(23)5-7-16(11)32-17-8-6-15(22(25,26)27)19(24)18(17)21(31)29-14-4-2-3-12(10-14)20(28)30/h2-10H,1H3,(H2,28,30)(H,29,31). The summed E-state index contributed by atoms with van der Waals surface area (Å²) in [5.74, 6) is -5.00. The van der Waals surface area contributed by atoms with E-state index in [4.69, 9.17) is 10.5 Å². The Morgan fingerprint density at radius 2 is 1.66 bits per heavy atom. The summed E-state index contributed by atoms with van der Waals surface area (Å²) in [7, 11) is 0. The molecule has 10 heteroatoms. The van der Waals surface area contributed by atoms with Gasteiger partial charge in [-0.1, -0.05) is 6.07 Å². The molecule has 3 N–H and O–H groups in total. The van der Waals surface area contributed by atoms with Gasteiger partial charge in [-0.05, 0) is 61.0 Å². The molecule has 3 rings (SSSR count). The molecule has 0 aromatic heterocycles.